The Balaban J connectivity index is 1.52. The number of methoxy groups -OCH3 is 2. The Morgan fingerprint density at radius 3 is 2.61 bits per heavy atom. The van der Waals surface area contributed by atoms with Gasteiger partial charge in [-0.05, 0) is 37.1 Å². The molecule has 36 heavy (non-hydrogen) atoms. The van der Waals surface area contributed by atoms with Crippen molar-refractivity contribution in [2.45, 2.75) is 38.5 Å². The SMILES string of the molecule is CCOc1ccccc1CN1C[C@H](n2cc(C(=O)OC)nn2)C[C@H]1C(=O)NCc1ccc(OC)cc1. The lowest BCUT2D eigenvalue weighted by Crippen LogP contribution is -2.42. The molecule has 0 bridgehead atoms. The zero-order chi connectivity index (χ0) is 25.5. The number of esters is 1. The lowest BCUT2D eigenvalue weighted by atomic mass is 10.1. The summed E-state index contributed by atoms with van der Waals surface area (Å²) in [5.74, 6) is 0.947. The van der Waals surface area contributed by atoms with Crippen molar-refractivity contribution in [2.75, 3.05) is 27.4 Å². The van der Waals surface area contributed by atoms with Crippen molar-refractivity contribution in [3.05, 3.63) is 71.5 Å². The maximum atomic E-state index is 13.4. The number of ether oxygens (including phenoxy) is 3. The number of nitrogens with zero attached hydrogens (tertiary/aromatic N) is 4. The van der Waals surface area contributed by atoms with Crippen LogP contribution in [0.3, 0.4) is 0 Å². The van der Waals surface area contributed by atoms with Gasteiger partial charge in [-0.1, -0.05) is 35.5 Å². The third-order valence-corrected chi connectivity index (χ3v) is 6.23. The van der Waals surface area contributed by atoms with Crippen LogP contribution in [0.15, 0.2) is 54.7 Å². The molecule has 10 heteroatoms. The van der Waals surface area contributed by atoms with Crippen LogP contribution in [0.1, 0.15) is 41.0 Å². The fourth-order valence-electron chi connectivity index (χ4n) is 4.37. The number of benzene rings is 2. The number of nitrogens with one attached hydrogen (secondary N) is 1. The van der Waals surface area contributed by atoms with E-state index in [2.05, 4.69) is 20.5 Å². The van der Waals surface area contributed by atoms with Crippen LogP contribution >= 0.6 is 0 Å². The molecule has 0 unspecified atom stereocenters. The summed E-state index contributed by atoms with van der Waals surface area (Å²) in [7, 11) is 2.92. The Kier molecular flexibility index (Phi) is 8.17. The first kappa shape index (κ1) is 25.2. The van der Waals surface area contributed by atoms with Gasteiger partial charge in [0.2, 0.25) is 5.91 Å². The zero-order valence-corrected chi connectivity index (χ0v) is 20.7. The van der Waals surface area contributed by atoms with Crippen LogP contribution < -0.4 is 14.8 Å². The molecule has 1 N–H and O–H groups in total. The molecule has 1 saturated heterocycles. The predicted octanol–water partition coefficient (Wildman–Crippen LogP) is 2.60. The van der Waals surface area contributed by atoms with Crippen LogP contribution in [-0.4, -0.2) is 65.2 Å². The van der Waals surface area contributed by atoms with E-state index in [0.29, 0.717) is 32.7 Å². The van der Waals surface area contributed by atoms with Crippen molar-refractivity contribution >= 4 is 11.9 Å². The van der Waals surface area contributed by atoms with E-state index in [0.717, 1.165) is 22.6 Å². The third kappa shape index (κ3) is 5.83. The highest BCUT2D eigenvalue weighted by molar-refractivity contribution is 5.86. The average Bonchev–Trinajstić information content (AvgIpc) is 3.56. The number of hydrogen-bond acceptors (Lipinski definition) is 8. The summed E-state index contributed by atoms with van der Waals surface area (Å²) in [4.78, 5) is 27.3. The number of carbonyl (C=O) groups is 2. The van der Waals surface area contributed by atoms with Crippen molar-refractivity contribution in [3.8, 4) is 11.5 Å². The molecule has 1 amide bonds. The summed E-state index contributed by atoms with van der Waals surface area (Å²) in [6.45, 7) is 4.00. The molecule has 0 radical (unpaired) electrons. The summed E-state index contributed by atoms with van der Waals surface area (Å²) in [6, 6.07) is 14.9. The van der Waals surface area contributed by atoms with Crippen LogP contribution in [-0.2, 0) is 22.6 Å². The van der Waals surface area contributed by atoms with Crippen molar-refractivity contribution in [2.24, 2.45) is 0 Å². The van der Waals surface area contributed by atoms with Crippen molar-refractivity contribution in [1.29, 1.82) is 0 Å². The van der Waals surface area contributed by atoms with Gasteiger partial charge in [0, 0.05) is 25.2 Å². The minimum Gasteiger partial charge on any atom is -0.497 e. The Bertz CT molecular complexity index is 1180. The fraction of sp³-hybridized carbons (Fsp3) is 0.385. The van der Waals surface area contributed by atoms with Crippen LogP contribution in [0.4, 0.5) is 0 Å². The van der Waals surface area contributed by atoms with Crippen molar-refractivity contribution in [1.82, 2.24) is 25.2 Å². The molecular formula is C26H31N5O5. The van der Waals surface area contributed by atoms with Gasteiger partial charge in [0.1, 0.15) is 11.5 Å². The number of amides is 1. The van der Waals surface area contributed by atoms with Crippen LogP contribution in [0.2, 0.25) is 0 Å². The van der Waals surface area contributed by atoms with Gasteiger partial charge >= 0.3 is 5.97 Å². The molecule has 2 atom stereocenters. The topological polar surface area (TPSA) is 108 Å². The second kappa shape index (κ2) is 11.7. The standard InChI is InChI=1S/C26H31N5O5/c1-4-36-24-8-6-5-7-19(24)15-30-16-20(31-17-22(28-29-31)26(33)35-3)13-23(30)25(32)27-14-18-9-11-21(34-2)12-10-18/h5-12,17,20,23H,4,13-16H2,1-3H3,(H,27,32)/t20-,23+/m1/s1. The number of hydrogen-bond donors (Lipinski definition) is 1. The van der Waals surface area contributed by atoms with E-state index in [-0.39, 0.29) is 17.6 Å². The Hall–Kier alpha value is -3.92. The maximum absolute atomic E-state index is 13.4. The molecule has 190 valence electrons. The van der Waals surface area contributed by atoms with Gasteiger partial charge in [-0.25, -0.2) is 9.48 Å². The quantitative estimate of drug-likeness (QED) is 0.430. The summed E-state index contributed by atoms with van der Waals surface area (Å²) in [5.41, 5.74) is 2.12. The van der Waals surface area contributed by atoms with Crippen LogP contribution in [0, 0.1) is 0 Å². The van der Waals surface area contributed by atoms with E-state index in [1.165, 1.54) is 7.11 Å². The molecular weight excluding hydrogens is 462 g/mol. The van der Waals surface area contributed by atoms with E-state index in [9.17, 15) is 9.59 Å². The molecule has 0 spiro atoms. The number of para-hydroxylation sites is 1. The van der Waals surface area contributed by atoms with Crippen molar-refractivity contribution in [3.63, 3.8) is 0 Å². The molecule has 3 aromatic rings. The second-order valence-electron chi connectivity index (χ2n) is 8.52. The highest BCUT2D eigenvalue weighted by Gasteiger charge is 2.38. The minimum atomic E-state index is -0.546. The van der Waals surface area contributed by atoms with Gasteiger partial charge < -0.3 is 19.5 Å². The maximum Gasteiger partial charge on any atom is 0.360 e. The largest absolute Gasteiger partial charge is 0.497 e. The van der Waals surface area contributed by atoms with E-state index < -0.39 is 12.0 Å². The summed E-state index contributed by atoms with van der Waals surface area (Å²) < 4.78 is 17.4. The number of aromatic nitrogens is 3. The highest BCUT2D eigenvalue weighted by Crippen LogP contribution is 2.31. The normalized spacial score (nSPS) is 17.5. The van der Waals surface area contributed by atoms with Gasteiger partial charge in [0.15, 0.2) is 5.69 Å². The highest BCUT2D eigenvalue weighted by atomic mass is 16.5. The Morgan fingerprint density at radius 2 is 1.89 bits per heavy atom. The lowest BCUT2D eigenvalue weighted by Gasteiger charge is -2.24. The molecule has 4 rings (SSSR count). The minimum absolute atomic E-state index is 0.0736. The monoisotopic (exact) mass is 493 g/mol. The first-order valence-corrected chi connectivity index (χ1v) is 11.9. The molecule has 1 aromatic heterocycles. The zero-order valence-electron chi connectivity index (χ0n) is 20.7. The summed E-state index contributed by atoms with van der Waals surface area (Å²) in [5, 5.41) is 11.1. The summed E-state index contributed by atoms with van der Waals surface area (Å²) in [6.07, 6.45) is 2.09. The van der Waals surface area contributed by atoms with Crippen LogP contribution in [0.25, 0.3) is 0 Å². The molecule has 10 nitrogen and oxygen atoms in total. The molecule has 1 aliphatic heterocycles. The average molecular weight is 494 g/mol. The molecule has 0 aliphatic carbocycles. The molecule has 2 aromatic carbocycles. The van der Waals surface area contributed by atoms with Gasteiger partial charge in [-0.3, -0.25) is 9.69 Å². The predicted molar refractivity (Wildman–Crippen MR) is 132 cm³/mol. The second-order valence-corrected chi connectivity index (χ2v) is 8.52. The van der Waals surface area contributed by atoms with Gasteiger partial charge in [0.25, 0.3) is 0 Å². The Labute approximate surface area is 210 Å². The first-order chi connectivity index (χ1) is 17.5. The van der Waals surface area contributed by atoms with Gasteiger partial charge in [-0.2, -0.15) is 0 Å². The van der Waals surface area contributed by atoms with Gasteiger partial charge in [0.05, 0.1) is 39.1 Å². The fourth-order valence-corrected chi connectivity index (χ4v) is 4.37. The number of carbonyl (C=O) groups excluding carboxylic acids is 2. The summed E-state index contributed by atoms with van der Waals surface area (Å²) >= 11 is 0. The smallest absolute Gasteiger partial charge is 0.360 e. The molecule has 2 heterocycles. The first-order valence-electron chi connectivity index (χ1n) is 11.9. The van der Waals surface area contributed by atoms with E-state index in [4.69, 9.17) is 14.2 Å². The molecule has 1 fully saturated rings. The number of rotatable bonds is 10. The molecule has 1 aliphatic rings. The van der Waals surface area contributed by atoms with Crippen molar-refractivity contribution < 1.29 is 23.8 Å². The number of likely N-dealkylation sites (tertiary alicyclic amines) is 1. The van der Waals surface area contributed by atoms with E-state index >= 15 is 0 Å². The van der Waals surface area contributed by atoms with E-state index in [1.807, 2.05) is 55.5 Å². The Morgan fingerprint density at radius 1 is 1.11 bits per heavy atom. The van der Waals surface area contributed by atoms with Gasteiger partial charge in [-0.15, -0.1) is 5.10 Å². The van der Waals surface area contributed by atoms with E-state index in [1.54, 1.807) is 18.0 Å². The third-order valence-electron chi connectivity index (χ3n) is 6.23. The molecule has 0 saturated carbocycles. The van der Waals surface area contributed by atoms with Crippen LogP contribution in [0.5, 0.6) is 11.5 Å². The lowest BCUT2D eigenvalue weighted by molar-refractivity contribution is -0.125.